The topological polar surface area (TPSA) is 222 Å². The Morgan fingerprint density at radius 1 is 1.10 bits per heavy atom. The third kappa shape index (κ3) is 7.73. The number of rotatable bonds is 11. The molecule has 4 amide bonds. The first-order valence-electron chi connectivity index (χ1n) is 8.89. The largest absolute Gasteiger partial charge is 0.481 e. The molecule has 0 aromatic rings. The molecular weight excluding hydrogens is 390 g/mol. The number of carboxylic acid groups (broad SMARTS) is 2. The number of nitrogens with two attached hydrogens (primary N) is 2. The monoisotopic (exact) mass is 415 g/mol. The molecular formula is C16H25N5O8. The highest BCUT2D eigenvalue weighted by Gasteiger charge is 2.38. The average molecular weight is 415 g/mol. The van der Waals surface area contributed by atoms with Crippen LogP contribution in [0.3, 0.4) is 0 Å². The van der Waals surface area contributed by atoms with E-state index in [-0.39, 0.29) is 25.8 Å². The smallest absolute Gasteiger partial charge is 0.322 e. The molecule has 0 saturated carbocycles. The van der Waals surface area contributed by atoms with Crippen molar-refractivity contribution in [2.75, 3.05) is 13.1 Å². The van der Waals surface area contributed by atoms with E-state index in [4.69, 9.17) is 21.7 Å². The summed E-state index contributed by atoms with van der Waals surface area (Å²) in [6.45, 7) is -0.485. The number of nitrogens with zero attached hydrogens (tertiary/aromatic N) is 1. The minimum Gasteiger partial charge on any atom is -0.481 e. The molecule has 13 nitrogen and oxygen atoms in total. The van der Waals surface area contributed by atoms with E-state index >= 15 is 0 Å². The van der Waals surface area contributed by atoms with Gasteiger partial charge in [-0.05, 0) is 19.3 Å². The molecule has 162 valence electrons. The number of likely N-dealkylation sites (tertiary alicyclic amines) is 1. The van der Waals surface area contributed by atoms with Gasteiger partial charge in [0.25, 0.3) is 0 Å². The van der Waals surface area contributed by atoms with Gasteiger partial charge in [-0.15, -0.1) is 0 Å². The maximum absolute atomic E-state index is 12.6. The highest BCUT2D eigenvalue weighted by molar-refractivity contribution is 5.95. The molecule has 1 aliphatic heterocycles. The Morgan fingerprint density at radius 2 is 1.76 bits per heavy atom. The molecule has 0 spiro atoms. The van der Waals surface area contributed by atoms with Crippen LogP contribution in [0, 0.1) is 0 Å². The van der Waals surface area contributed by atoms with Gasteiger partial charge >= 0.3 is 11.9 Å². The number of primary amides is 1. The van der Waals surface area contributed by atoms with E-state index in [0.29, 0.717) is 6.42 Å². The van der Waals surface area contributed by atoms with Gasteiger partial charge in [0, 0.05) is 13.0 Å². The summed E-state index contributed by atoms with van der Waals surface area (Å²) in [6, 6.07) is -3.52. The van der Waals surface area contributed by atoms with Crippen LogP contribution in [0.25, 0.3) is 0 Å². The predicted molar refractivity (Wildman–Crippen MR) is 96.0 cm³/mol. The van der Waals surface area contributed by atoms with Crippen molar-refractivity contribution in [2.45, 2.75) is 50.2 Å². The number of aliphatic carboxylic acids is 2. The van der Waals surface area contributed by atoms with E-state index in [9.17, 15) is 28.8 Å². The van der Waals surface area contributed by atoms with Crippen LogP contribution in [-0.4, -0.2) is 81.9 Å². The van der Waals surface area contributed by atoms with Crippen molar-refractivity contribution in [1.82, 2.24) is 15.5 Å². The summed E-state index contributed by atoms with van der Waals surface area (Å²) >= 11 is 0. The second kappa shape index (κ2) is 10.9. The van der Waals surface area contributed by atoms with Crippen molar-refractivity contribution in [2.24, 2.45) is 11.5 Å². The fourth-order valence-corrected chi connectivity index (χ4v) is 2.90. The lowest BCUT2D eigenvalue weighted by Crippen LogP contribution is -2.55. The predicted octanol–water partition coefficient (Wildman–Crippen LogP) is -3.27. The first-order valence-corrected chi connectivity index (χ1v) is 8.89. The molecule has 0 aromatic heterocycles. The van der Waals surface area contributed by atoms with Crippen molar-refractivity contribution in [3.05, 3.63) is 0 Å². The molecule has 1 fully saturated rings. The van der Waals surface area contributed by atoms with Crippen LogP contribution in [0.4, 0.5) is 0 Å². The molecule has 0 aromatic carbocycles. The lowest BCUT2D eigenvalue weighted by molar-refractivity contribution is -0.144. The number of carbonyl (C=O) groups excluding carboxylic acids is 4. The van der Waals surface area contributed by atoms with Crippen LogP contribution in [0.2, 0.25) is 0 Å². The molecule has 8 N–H and O–H groups in total. The summed E-state index contributed by atoms with van der Waals surface area (Å²) < 4.78 is 0. The van der Waals surface area contributed by atoms with E-state index < -0.39 is 66.7 Å². The van der Waals surface area contributed by atoms with Gasteiger partial charge in [0.05, 0.1) is 12.5 Å². The van der Waals surface area contributed by atoms with Gasteiger partial charge in [-0.25, -0.2) is 0 Å². The zero-order valence-electron chi connectivity index (χ0n) is 15.6. The van der Waals surface area contributed by atoms with Crippen molar-refractivity contribution in [3.63, 3.8) is 0 Å². The lowest BCUT2D eigenvalue weighted by atomic mass is 10.1. The van der Waals surface area contributed by atoms with E-state index in [2.05, 4.69) is 10.6 Å². The molecule has 3 atom stereocenters. The number of nitrogens with one attached hydrogen (secondary N) is 2. The fraction of sp³-hybridized carbons (Fsp3) is 0.625. The zero-order chi connectivity index (χ0) is 22.1. The minimum absolute atomic E-state index is 0.161. The van der Waals surface area contributed by atoms with Gasteiger partial charge in [-0.2, -0.15) is 0 Å². The molecule has 1 rings (SSSR count). The fourth-order valence-electron chi connectivity index (χ4n) is 2.90. The van der Waals surface area contributed by atoms with Crippen molar-refractivity contribution >= 4 is 35.6 Å². The van der Waals surface area contributed by atoms with E-state index in [1.807, 2.05) is 0 Å². The van der Waals surface area contributed by atoms with E-state index in [1.54, 1.807) is 0 Å². The second-order valence-electron chi connectivity index (χ2n) is 6.57. The normalized spacial score (nSPS) is 17.8. The third-order valence-corrected chi connectivity index (χ3v) is 4.28. The number of carboxylic acids is 2. The van der Waals surface area contributed by atoms with E-state index in [1.165, 1.54) is 0 Å². The van der Waals surface area contributed by atoms with Gasteiger partial charge in [0.2, 0.25) is 23.6 Å². The maximum atomic E-state index is 12.6. The Balaban J connectivity index is 2.83. The van der Waals surface area contributed by atoms with Gasteiger partial charge < -0.3 is 37.2 Å². The third-order valence-electron chi connectivity index (χ3n) is 4.28. The Kier molecular flexibility index (Phi) is 8.99. The summed E-state index contributed by atoms with van der Waals surface area (Å²) in [5.74, 6) is -5.48. The molecule has 0 aliphatic carbocycles. The van der Waals surface area contributed by atoms with Crippen molar-refractivity contribution in [3.8, 4) is 0 Å². The second-order valence-corrected chi connectivity index (χ2v) is 6.57. The number of hydrogen-bond donors (Lipinski definition) is 6. The van der Waals surface area contributed by atoms with Crippen LogP contribution < -0.4 is 22.1 Å². The number of amides is 4. The molecule has 1 saturated heterocycles. The zero-order valence-corrected chi connectivity index (χ0v) is 15.6. The molecule has 1 heterocycles. The number of carbonyl (C=O) groups is 6. The molecule has 3 unspecified atom stereocenters. The minimum atomic E-state index is -1.31. The molecule has 0 bridgehead atoms. The van der Waals surface area contributed by atoms with Gasteiger partial charge in [-0.3, -0.25) is 28.8 Å². The SMILES string of the molecule is NC(=O)CCC(NC(=O)C1CCCN1C(=O)C(N)CC(=O)O)C(=O)NCC(=O)O. The van der Waals surface area contributed by atoms with Gasteiger partial charge in [0.1, 0.15) is 18.6 Å². The molecule has 29 heavy (non-hydrogen) atoms. The standard InChI is InChI=1S/C16H25N5O8/c17-8(6-12(23)24)16(29)21-5-1-2-10(21)15(28)20-9(3-4-11(18)22)14(27)19-7-13(25)26/h8-10H,1-7,17H2,(H2,18,22)(H,19,27)(H,20,28)(H,23,24)(H,25,26). The lowest BCUT2D eigenvalue weighted by Gasteiger charge is -2.28. The quantitative estimate of drug-likeness (QED) is 0.199. The van der Waals surface area contributed by atoms with Crippen molar-refractivity contribution in [1.29, 1.82) is 0 Å². The summed E-state index contributed by atoms with van der Waals surface area (Å²) in [5.41, 5.74) is 10.6. The van der Waals surface area contributed by atoms with Crippen LogP contribution in [0.5, 0.6) is 0 Å². The average Bonchev–Trinajstić information content (AvgIpc) is 3.11. The highest BCUT2D eigenvalue weighted by Crippen LogP contribution is 2.19. The maximum Gasteiger partial charge on any atom is 0.322 e. The van der Waals surface area contributed by atoms with Crippen molar-refractivity contribution < 1.29 is 39.0 Å². The van der Waals surface area contributed by atoms with Gasteiger partial charge in [-0.1, -0.05) is 0 Å². The van der Waals surface area contributed by atoms with Crippen LogP contribution in [0.15, 0.2) is 0 Å². The Morgan fingerprint density at radius 3 is 2.31 bits per heavy atom. The summed E-state index contributed by atoms with van der Waals surface area (Å²) in [6.07, 6.45) is -0.242. The van der Waals surface area contributed by atoms with Crippen LogP contribution in [-0.2, 0) is 28.8 Å². The molecule has 1 aliphatic rings. The van der Waals surface area contributed by atoms with E-state index in [0.717, 1.165) is 4.90 Å². The van der Waals surface area contributed by atoms with Crippen LogP contribution in [0.1, 0.15) is 32.1 Å². The highest BCUT2D eigenvalue weighted by atomic mass is 16.4. The molecule has 0 radical (unpaired) electrons. The summed E-state index contributed by atoms with van der Waals surface area (Å²) in [7, 11) is 0. The van der Waals surface area contributed by atoms with Gasteiger partial charge in [0.15, 0.2) is 0 Å². The Hall–Kier alpha value is -3.22. The first kappa shape index (κ1) is 23.8. The van der Waals surface area contributed by atoms with Crippen LogP contribution >= 0.6 is 0 Å². The Bertz CT molecular complexity index is 682. The molecule has 13 heteroatoms. The number of hydrogen-bond acceptors (Lipinski definition) is 7. The summed E-state index contributed by atoms with van der Waals surface area (Å²) in [4.78, 5) is 70.7. The first-order chi connectivity index (χ1) is 13.5. The Labute approximate surface area is 165 Å². The summed E-state index contributed by atoms with van der Waals surface area (Å²) in [5, 5.41) is 21.9.